The third-order valence-electron chi connectivity index (χ3n) is 13.0. The number of furan rings is 2. The van der Waals surface area contributed by atoms with E-state index in [0.29, 0.717) is 28.2 Å². The molecule has 0 aliphatic rings. The van der Waals surface area contributed by atoms with E-state index in [1.54, 1.807) is 6.07 Å². The first-order valence-electron chi connectivity index (χ1n) is 22.2. The molecule has 9 aromatic carbocycles. The second kappa shape index (κ2) is 15.1. The molecule has 8 heteroatoms. The summed E-state index contributed by atoms with van der Waals surface area (Å²) in [5, 5.41) is 8.03. The van der Waals surface area contributed by atoms with Crippen LogP contribution in [0.2, 0.25) is 0 Å². The van der Waals surface area contributed by atoms with Gasteiger partial charge in [-0.2, -0.15) is 0 Å². The fraction of sp³-hybridized carbons (Fsp3) is 0. The summed E-state index contributed by atoms with van der Waals surface area (Å²) in [5.74, 6) is -0.265. The van der Waals surface area contributed by atoms with Crippen molar-refractivity contribution in [3.05, 3.63) is 207 Å². The molecule has 0 aliphatic carbocycles. The Labute approximate surface area is 387 Å². The lowest BCUT2D eigenvalue weighted by molar-refractivity contribution is -0.129. The van der Waals surface area contributed by atoms with Gasteiger partial charge in [-0.05, 0) is 120 Å². The Kier molecular flexibility index (Phi) is 8.65. The lowest BCUT2D eigenvalue weighted by Gasteiger charge is -2.12. The number of nitrogens with zero attached hydrogens (tertiary/aromatic N) is 2. The van der Waals surface area contributed by atoms with E-state index in [1.165, 1.54) is 16.8 Å². The summed E-state index contributed by atoms with van der Waals surface area (Å²) in [6.07, 6.45) is 2.32. The number of hydrogen-bond donors (Lipinski definition) is 0. The van der Waals surface area contributed by atoms with Crippen LogP contribution in [0.1, 0.15) is 0 Å². The van der Waals surface area contributed by atoms with Crippen LogP contribution in [0, 0.1) is 0 Å². The Hall–Kier alpha value is -9.40. The fourth-order valence-corrected chi connectivity index (χ4v) is 10.0. The average Bonchev–Trinajstić information content (AvgIpc) is 4.13. The Balaban J connectivity index is 0.945. The molecule has 322 valence electrons. The third-order valence-corrected chi connectivity index (χ3v) is 13.0. The zero-order chi connectivity index (χ0) is 45.6. The summed E-state index contributed by atoms with van der Waals surface area (Å²) in [5.41, 5.74) is 12.8. The summed E-state index contributed by atoms with van der Waals surface area (Å²) in [6, 6.07) is 61.8. The molecule has 0 spiro atoms. The van der Waals surface area contributed by atoms with Crippen molar-refractivity contribution in [1.29, 1.82) is 0 Å². The Bertz CT molecular complexity index is 4260. The number of fused-ring (bicyclic) bond motifs is 12. The van der Waals surface area contributed by atoms with E-state index in [2.05, 4.69) is 156 Å². The van der Waals surface area contributed by atoms with E-state index < -0.39 is 11.9 Å². The maximum absolute atomic E-state index is 12.8. The lowest BCUT2D eigenvalue weighted by Crippen LogP contribution is -2.03. The van der Waals surface area contributed by atoms with Crippen LogP contribution in [0.3, 0.4) is 0 Å². The lowest BCUT2D eigenvalue weighted by atomic mass is 10.0. The second-order valence-electron chi connectivity index (χ2n) is 16.9. The highest BCUT2D eigenvalue weighted by Gasteiger charge is 2.21. The third kappa shape index (κ3) is 6.08. The zero-order valence-electron chi connectivity index (χ0n) is 36.2. The summed E-state index contributed by atoms with van der Waals surface area (Å²) in [4.78, 5) is 24.7. The molecular formula is C60H36N2O6. The highest BCUT2D eigenvalue weighted by molar-refractivity contribution is 6.14. The standard InChI is InChI=1S/C60H36N2O6/c1-3-58(63)65-40-23-27-56-49(32-40)47-30-36(21-25-55(47)67-56)35-20-24-54-46(29-35)44-16-7-10-19-53(44)61(54)38-13-11-12-37(28-38)45-33-41(66-59(64)4-2)34-50-48-31-39(22-26-57(48)68-60(45)50)62-51-17-8-5-14-42(51)43-15-6-9-18-52(43)62/h3-34H,1-2H2. The molecule has 0 saturated carbocycles. The van der Waals surface area contributed by atoms with Gasteiger partial charge in [-0.3, -0.25) is 0 Å². The molecule has 0 radical (unpaired) electrons. The quantitative estimate of drug-likeness (QED) is 0.0858. The molecular weight excluding hydrogens is 845 g/mol. The molecule has 68 heavy (non-hydrogen) atoms. The summed E-state index contributed by atoms with van der Waals surface area (Å²) < 4.78 is 28.8. The minimum Gasteiger partial charge on any atom is -0.456 e. The first kappa shape index (κ1) is 39.0. The van der Waals surface area contributed by atoms with Crippen molar-refractivity contribution in [1.82, 2.24) is 9.13 Å². The maximum Gasteiger partial charge on any atom is 0.335 e. The number of ether oxygens (including phenoxy) is 2. The van der Waals surface area contributed by atoms with Gasteiger partial charge < -0.3 is 27.4 Å². The number of carbonyl (C=O) groups is 2. The van der Waals surface area contributed by atoms with E-state index in [0.717, 1.165) is 99.7 Å². The molecule has 8 nitrogen and oxygen atoms in total. The fourth-order valence-electron chi connectivity index (χ4n) is 10.0. The summed E-state index contributed by atoms with van der Waals surface area (Å²) >= 11 is 0. The van der Waals surface area contributed by atoms with Crippen LogP contribution in [0.25, 0.3) is 121 Å². The van der Waals surface area contributed by atoms with Crippen LogP contribution >= 0.6 is 0 Å². The average molecular weight is 881 g/mol. The van der Waals surface area contributed by atoms with Crippen LogP contribution < -0.4 is 9.47 Å². The number of esters is 2. The number of rotatable bonds is 8. The normalized spacial score (nSPS) is 11.8. The molecule has 0 N–H and O–H groups in total. The molecule has 4 heterocycles. The second-order valence-corrected chi connectivity index (χ2v) is 16.9. The molecule has 13 aromatic rings. The van der Waals surface area contributed by atoms with E-state index in [9.17, 15) is 9.59 Å². The number of para-hydroxylation sites is 3. The van der Waals surface area contributed by atoms with Crippen molar-refractivity contribution < 1.29 is 27.9 Å². The van der Waals surface area contributed by atoms with Crippen LogP contribution in [-0.2, 0) is 9.59 Å². The molecule has 0 fully saturated rings. The predicted octanol–water partition coefficient (Wildman–Crippen LogP) is 15.2. The van der Waals surface area contributed by atoms with Crippen LogP contribution in [0.15, 0.2) is 216 Å². The smallest absolute Gasteiger partial charge is 0.335 e. The zero-order valence-corrected chi connectivity index (χ0v) is 36.2. The van der Waals surface area contributed by atoms with Crippen molar-refractivity contribution in [3.63, 3.8) is 0 Å². The summed E-state index contributed by atoms with van der Waals surface area (Å²) in [7, 11) is 0. The minimum atomic E-state index is -0.550. The van der Waals surface area contributed by atoms with Crippen LogP contribution in [-0.4, -0.2) is 21.1 Å². The Morgan fingerprint density at radius 2 is 0.912 bits per heavy atom. The number of benzene rings is 9. The molecule has 0 atom stereocenters. The Morgan fingerprint density at radius 3 is 1.60 bits per heavy atom. The topological polar surface area (TPSA) is 88.7 Å². The van der Waals surface area contributed by atoms with Gasteiger partial charge >= 0.3 is 11.9 Å². The van der Waals surface area contributed by atoms with Gasteiger partial charge in [-0.1, -0.05) is 92.0 Å². The summed E-state index contributed by atoms with van der Waals surface area (Å²) in [6.45, 7) is 7.17. The number of hydrogen-bond acceptors (Lipinski definition) is 6. The molecule has 4 aromatic heterocycles. The number of carbonyl (C=O) groups excluding carboxylic acids is 2. The van der Waals surface area contributed by atoms with Crippen molar-refractivity contribution in [2.45, 2.75) is 0 Å². The highest BCUT2D eigenvalue weighted by atomic mass is 16.5. The van der Waals surface area contributed by atoms with E-state index >= 15 is 0 Å². The van der Waals surface area contributed by atoms with Gasteiger partial charge in [0.25, 0.3) is 0 Å². The van der Waals surface area contributed by atoms with Crippen LogP contribution in [0.4, 0.5) is 0 Å². The predicted molar refractivity (Wildman–Crippen MR) is 272 cm³/mol. The monoisotopic (exact) mass is 880 g/mol. The van der Waals surface area contributed by atoms with Gasteiger partial charge in [-0.25, -0.2) is 9.59 Å². The SMILES string of the molecule is C=CC(=O)Oc1ccc2oc3ccc(-c4ccc5c(c4)c4ccccc4n5-c4cccc(-c5cc(OC(=O)C=C)cc6c5oc5ccc(-n7c8ccccc8c8ccccc87)cc56)c4)cc3c2c1. The molecule has 0 saturated heterocycles. The van der Waals surface area contributed by atoms with E-state index in [-0.39, 0.29) is 0 Å². The van der Waals surface area contributed by atoms with Crippen molar-refractivity contribution >= 4 is 99.4 Å². The maximum atomic E-state index is 12.8. The van der Waals surface area contributed by atoms with Crippen molar-refractivity contribution in [2.75, 3.05) is 0 Å². The Morgan fingerprint density at radius 1 is 0.397 bits per heavy atom. The van der Waals surface area contributed by atoms with Gasteiger partial charge in [0, 0.05) is 72.2 Å². The molecule has 0 amide bonds. The molecule has 13 rings (SSSR count). The van der Waals surface area contributed by atoms with Crippen molar-refractivity contribution in [2.24, 2.45) is 0 Å². The first-order valence-corrected chi connectivity index (χ1v) is 22.2. The molecule has 0 unspecified atom stereocenters. The van der Waals surface area contributed by atoms with Crippen molar-refractivity contribution in [3.8, 4) is 45.1 Å². The van der Waals surface area contributed by atoms with Gasteiger partial charge in [0.05, 0.1) is 22.1 Å². The minimum absolute atomic E-state index is 0.385. The number of aromatic nitrogens is 2. The molecule has 0 bridgehead atoms. The van der Waals surface area contributed by atoms with E-state index in [1.807, 2.05) is 42.5 Å². The molecule has 0 aliphatic heterocycles. The van der Waals surface area contributed by atoms with E-state index in [4.69, 9.17) is 18.3 Å². The van der Waals surface area contributed by atoms with Gasteiger partial charge in [0.15, 0.2) is 0 Å². The van der Waals surface area contributed by atoms with Gasteiger partial charge in [0.1, 0.15) is 33.8 Å². The largest absolute Gasteiger partial charge is 0.456 e. The van der Waals surface area contributed by atoms with Crippen LogP contribution in [0.5, 0.6) is 11.5 Å². The van der Waals surface area contributed by atoms with Gasteiger partial charge in [-0.15, -0.1) is 0 Å². The van der Waals surface area contributed by atoms with Gasteiger partial charge in [0.2, 0.25) is 0 Å². The first-order chi connectivity index (χ1) is 33.4. The highest BCUT2D eigenvalue weighted by Crippen LogP contribution is 2.43.